The van der Waals surface area contributed by atoms with Crippen LogP contribution in [0.15, 0.2) is 22.0 Å². The van der Waals surface area contributed by atoms with Crippen molar-refractivity contribution in [3.05, 3.63) is 34.1 Å². The molecule has 2 aromatic heterocycles. The third-order valence-electron chi connectivity index (χ3n) is 1.68. The average molecular weight is 208 g/mol. The summed E-state index contributed by atoms with van der Waals surface area (Å²) in [5.41, 5.74) is 0. The highest BCUT2D eigenvalue weighted by Gasteiger charge is 2.06. The maximum Gasteiger partial charge on any atom is 0.233 e. The quantitative estimate of drug-likeness (QED) is 0.714. The lowest BCUT2D eigenvalue weighted by Gasteiger charge is -1.86. The van der Waals surface area contributed by atoms with Gasteiger partial charge in [0.15, 0.2) is 5.82 Å². The Morgan fingerprint density at radius 2 is 2.50 bits per heavy atom. The lowest BCUT2D eigenvalue weighted by Crippen LogP contribution is -1.89. The molecule has 0 saturated heterocycles. The second-order valence-corrected chi connectivity index (χ2v) is 3.76. The van der Waals surface area contributed by atoms with Crippen molar-refractivity contribution in [3.8, 4) is 0 Å². The molecule has 0 aromatic carbocycles. The maximum atomic E-state index is 10.2. The summed E-state index contributed by atoms with van der Waals surface area (Å²) < 4.78 is 4.87. The van der Waals surface area contributed by atoms with E-state index in [0.717, 1.165) is 6.29 Å². The Morgan fingerprint density at radius 1 is 1.57 bits per heavy atom. The zero-order valence-corrected chi connectivity index (χ0v) is 8.16. The molecule has 0 aliphatic rings. The predicted molar refractivity (Wildman–Crippen MR) is 51.2 cm³/mol. The Hall–Kier alpha value is -1.49. The van der Waals surface area contributed by atoms with Crippen LogP contribution < -0.4 is 0 Å². The van der Waals surface area contributed by atoms with E-state index in [9.17, 15) is 4.79 Å². The first kappa shape index (κ1) is 9.08. The molecule has 0 atom stereocenters. The van der Waals surface area contributed by atoms with Crippen LogP contribution in [-0.2, 0) is 17.6 Å². The number of thiophene rings is 1. The van der Waals surface area contributed by atoms with Crippen LogP contribution in [0.25, 0.3) is 0 Å². The van der Waals surface area contributed by atoms with E-state index in [2.05, 4.69) is 10.1 Å². The third-order valence-corrected chi connectivity index (χ3v) is 2.56. The highest BCUT2D eigenvalue weighted by Crippen LogP contribution is 2.12. The van der Waals surface area contributed by atoms with Gasteiger partial charge in [-0.1, -0.05) is 11.2 Å². The first-order valence-corrected chi connectivity index (χ1v) is 5.04. The molecule has 2 heterocycles. The summed E-state index contributed by atoms with van der Waals surface area (Å²) in [5, 5.41) is 5.77. The van der Waals surface area contributed by atoms with Gasteiger partial charge < -0.3 is 9.32 Å². The van der Waals surface area contributed by atoms with E-state index in [-0.39, 0.29) is 6.42 Å². The van der Waals surface area contributed by atoms with Crippen molar-refractivity contribution in [3.63, 3.8) is 0 Å². The highest BCUT2D eigenvalue weighted by atomic mass is 32.1. The molecule has 5 heteroatoms. The summed E-state index contributed by atoms with van der Waals surface area (Å²) in [6.45, 7) is 0. The molecule has 0 amide bonds. The summed E-state index contributed by atoms with van der Waals surface area (Å²) in [5.74, 6) is 1.01. The first-order valence-electron chi connectivity index (χ1n) is 4.16. The molecule has 2 aromatic rings. The monoisotopic (exact) mass is 208 g/mol. The smallest absolute Gasteiger partial charge is 0.233 e. The summed E-state index contributed by atoms with van der Waals surface area (Å²) in [4.78, 5) is 15.4. The lowest BCUT2D eigenvalue weighted by atomic mass is 10.3. The molecule has 72 valence electrons. The molecule has 14 heavy (non-hydrogen) atoms. The molecule has 0 N–H and O–H groups in total. The van der Waals surface area contributed by atoms with Crippen molar-refractivity contribution < 1.29 is 9.32 Å². The van der Waals surface area contributed by atoms with Crippen LogP contribution in [0.1, 0.15) is 16.6 Å². The van der Waals surface area contributed by atoms with E-state index in [1.165, 1.54) is 4.88 Å². The zero-order valence-electron chi connectivity index (χ0n) is 7.34. The molecule has 0 bridgehead atoms. The van der Waals surface area contributed by atoms with E-state index >= 15 is 0 Å². The van der Waals surface area contributed by atoms with Crippen LogP contribution in [0, 0.1) is 0 Å². The van der Waals surface area contributed by atoms with Gasteiger partial charge in [0.1, 0.15) is 6.29 Å². The molecular weight excluding hydrogens is 200 g/mol. The number of hydrogen-bond donors (Lipinski definition) is 0. The normalized spacial score (nSPS) is 10.3. The van der Waals surface area contributed by atoms with Crippen molar-refractivity contribution in [2.45, 2.75) is 12.8 Å². The van der Waals surface area contributed by atoms with Crippen LogP contribution in [0.3, 0.4) is 0 Å². The average Bonchev–Trinajstić information content (AvgIpc) is 2.79. The van der Waals surface area contributed by atoms with Gasteiger partial charge in [-0.25, -0.2) is 0 Å². The third kappa shape index (κ3) is 2.05. The zero-order chi connectivity index (χ0) is 9.80. The largest absolute Gasteiger partial charge is 0.339 e. The number of carbonyl (C=O) groups excluding carboxylic acids is 1. The number of hydrogen-bond acceptors (Lipinski definition) is 5. The van der Waals surface area contributed by atoms with Gasteiger partial charge in [-0.15, -0.1) is 11.3 Å². The topological polar surface area (TPSA) is 56.0 Å². The van der Waals surface area contributed by atoms with Crippen molar-refractivity contribution in [1.82, 2.24) is 10.1 Å². The molecular formula is C9H8N2O2S. The Morgan fingerprint density at radius 3 is 3.21 bits per heavy atom. The molecule has 4 nitrogen and oxygen atoms in total. The van der Waals surface area contributed by atoms with Crippen molar-refractivity contribution in [1.29, 1.82) is 0 Å². The minimum atomic E-state index is 0.192. The maximum absolute atomic E-state index is 10.2. The van der Waals surface area contributed by atoms with E-state index in [0.29, 0.717) is 18.1 Å². The number of carbonyl (C=O) groups is 1. The van der Waals surface area contributed by atoms with Crippen LogP contribution in [0.4, 0.5) is 0 Å². The van der Waals surface area contributed by atoms with Crippen molar-refractivity contribution in [2.75, 3.05) is 0 Å². The molecule has 0 aliphatic heterocycles. The van der Waals surface area contributed by atoms with Crippen LogP contribution in [0.5, 0.6) is 0 Å². The van der Waals surface area contributed by atoms with Crippen LogP contribution >= 0.6 is 11.3 Å². The van der Waals surface area contributed by atoms with Gasteiger partial charge in [-0.2, -0.15) is 4.98 Å². The number of aldehydes is 1. The molecule has 2 rings (SSSR count). The Labute approximate surface area is 84.6 Å². The fourth-order valence-corrected chi connectivity index (χ4v) is 1.79. The Bertz CT molecular complexity index is 408. The SMILES string of the molecule is O=CCc1nc(Cc2cccs2)no1. The highest BCUT2D eigenvalue weighted by molar-refractivity contribution is 7.09. The minimum Gasteiger partial charge on any atom is -0.339 e. The number of nitrogens with zero attached hydrogens (tertiary/aromatic N) is 2. The van der Waals surface area contributed by atoms with Crippen molar-refractivity contribution >= 4 is 17.6 Å². The summed E-state index contributed by atoms with van der Waals surface area (Å²) >= 11 is 1.65. The second kappa shape index (κ2) is 4.15. The van der Waals surface area contributed by atoms with Crippen LogP contribution in [-0.4, -0.2) is 16.4 Å². The van der Waals surface area contributed by atoms with Gasteiger partial charge in [0.2, 0.25) is 5.89 Å². The van der Waals surface area contributed by atoms with Gasteiger partial charge in [-0.05, 0) is 11.4 Å². The number of rotatable bonds is 4. The van der Waals surface area contributed by atoms with E-state index in [1.54, 1.807) is 11.3 Å². The number of aromatic nitrogens is 2. The lowest BCUT2D eigenvalue weighted by molar-refractivity contribution is -0.107. The molecule has 0 spiro atoms. The van der Waals surface area contributed by atoms with Gasteiger partial charge in [-0.3, -0.25) is 0 Å². The van der Waals surface area contributed by atoms with Crippen LogP contribution in [0.2, 0.25) is 0 Å². The standard InChI is InChI=1S/C9H8N2O2S/c12-4-3-9-10-8(11-13-9)6-7-2-1-5-14-7/h1-2,4-5H,3,6H2. The molecule has 0 radical (unpaired) electrons. The van der Waals surface area contributed by atoms with Gasteiger partial charge in [0.25, 0.3) is 0 Å². The Balaban J connectivity index is 2.06. The predicted octanol–water partition coefficient (Wildman–Crippen LogP) is 1.46. The summed E-state index contributed by atoms with van der Waals surface area (Å²) in [6.07, 6.45) is 1.61. The van der Waals surface area contributed by atoms with E-state index in [4.69, 9.17) is 4.52 Å². The second-order valence-electron chi connectivity index (χ2n) is 2.73. The van der Waals surface area contributed by atoms with Gasteiger partial charge >= 0.3 is 0 Å². The fourth-order valence-electron chi connectivity index (χ4n) is 1.09. The molecule has 0 aliphatic carbocycles. The van der Waals surface area contributed by atoms with E-state index in [1.807, 2.05) is 17.5 Å². The summed E-state index contributed by atoms with van der Waals surface area (Å²) in [7, 11) is 0. The van der Waals surface area contributed by atoms with Gasteiger partial charge in [0, 0.05) is 11.3 Å². The van der Waals surface area contributed by atoms with Crippen molar-refractivity contribution in [2.24, 2.45) is 0 Å². The minimum absolute atomic E-state index is 0.192. The molecule has 0 unspecified atom stereocenters. The first-order chi connectivity index (χ1) is 6.88. The summed E-state index contributed by atoms with van der Waals surface area (Å²) in [6, 6.07) is 3.99. The molecule has 0 saturated carbocycles. The van der Waals surface area contributed by atoms with Gasteiger partial charge in [0.05, 0.1) is 6.42 Å². The van der Waals surface area contributed by atoms with E-state index < -0.39 is 0 Å². The fraction of sp³-hybridized carbons (Fsp3) is 0.222. The molecule has 0 fully saturated rings. The Kier molecular flexibility index (Phi) is 2.69.